The fraction of sp³-hybridized carbons (Fsp3) is 0.939. The number of aliphatic hydroxyl groups excluding tert-OH is 2. The normalized spacial score (nSPS) is 12.6. The number of carbonyl (C=O) groups excluding carboxylic acids is 2. The molecule has 72 heavy (non-hydrogen) atoms. The Hall–Kier alpha value is -1.40. The maximum absolute atomic E-state index is 12.5. The molecule has 0 aromatic heterocycles. The van der Waals surface area contributed by atoms with Crippen LogP contribution in [0.3, 0.4) is 0 Å². The summed E-state index contributed by atoms with van der Waals surface area (Å²) < 4.78 is 5.49. The van der Waals surface area contributed by atoms with Crippen LogP contribution in [0.4, 0.5) is 0 Å². The van der Waals surface area contributed by atoms with Gasteiger partial charge in [0.25, 0.3) is 0 Å². The van der Waals surface area contributed by atoms with Crippen LogP contribution < -0.4 is 5.32 Å². The van der Waals surface area contributed by atoms with Crippen LogP contribution in [0.15, 0.2) is 12.2 Å². The van der Waals surface area contributed by atoms with Gasteiger partial charge in [-0.05, 0) is 51.4 Å². The second-order valence-corrected chi connectivity index (χ2v) is 22.8. The molecule has 3 N–H and O–H groups in total. The van der Waals surface area contributed by atoms with Crippen molar-refractivity contribution in [1.82, 2.24) is 5.32 Å². The number of ether oxygens (including phenoxy) is 1. The lowest BCUT2D eigenvalue weighted by molar-refractivity contribution is -0.143. The minimum absolute atomic E-state index is 0.00513. The smallest absolute Gasteiger partial charge is 0.305 e. The largest absolute Gasteiger partial charge is 0.466 e. The summed E-state index contributed by atoms with van der Waals surface area (Å²) in [5.74, 6) is -0.0269. The molecular weight excluding hydrogens is 887 g/mol. The van der Waals surface area contributed by atoms with Crippen LogP contribution in [0, 0.1) is 0 Å². The zero-order valence-electron chi connectivity index (χ0n) is 48.9. The Morgan fingerprint density at radius 1 is 0.375 bits per heavy atom. The van der Waals surface area contributed by atoms with E-state index in [2.05, 4.69) is 31.3 Å². The lowest BCUT2D eigenvalue weighted by atomic mass is 10.0. The Morgan fingerprint density at radius 3 is 0.986 bits per heavy atom. The molecule has 0 aliphatic rings. The molecule has 0 saturated heterocycles. The highest BCUT2D eigenvalue weighted by molar-refractivity contribution is 5.76. The van der Waals surface area contributed by atoms with E-state index in [9.17, 15) is 19.8 Å². The third-order valence-electron chi connectivity index (χ3n) is 15.6. The number of esters is 1. The molecule has 2 atom stereocenters. The van der Waals surface area contributed by atoms with Gasteiger partial charge in [-0.25, -0.2) is 0 Å². The first kappa shape index (κ1) is 70.6. The molecule has 0 aromatic rings. The van der Waals surface area contributed by atoms with Crippen LogP contribution in [0.25, 0.3) is 0 Å². The van der Waals surface area contributed by atoms with Crippen LogP contribution in [-0.2, 0) is 14.3 Å². The van der Waals surface area contributed by atoms with Gasteiger partial charge in [0, 0.05) is 12.8 Å². The fourth-order valence-corrected chi connectivity index (χ4v) is 10.5. The number of unbranched alkanes of at least 4 members (excludes halogenated alkanes) is 49. The van der Waals surface area contributed by atoms with E-state index < -0.39 is 12.1 Å². The third-order valence-corrected chi connectivity index (χ3v) is 15.6. The first-order valence-corrected chi connectivity index (χ1v) is 32.9. The van der Waals surface area contributed by atoms with Gasteiger partial charge >= 0.3 is 5.97 Å². The molecule has 0 saturated carbocycles. The highest BCUT2D eigenvalue weighted by atomic mass is 16.5. The van der Waals surface area contributed by atoms with Crippen LogP contribution >= 0.6 is 0 Å². The first-order valence-electron chi connectivity index (χ1n) is 32.9. The standard InChI is InChI=1S/C66H129NO5/c1-3-5-7-9-11-13-15-17-19-20-24-27-31-34-38-42-46-50-54-58-64(69)63(62-68)67-65(70)59-55-51-47-43-39-35-32-28-25-22-21-23-26-29-33-37-41-45-49-53-57-61-72-66(71)60-56-52-48-44-40-36-30-18-16-14-12-10-8-6-4-2/h18,30,63-64,68-69H,3-17,19-29,31-62H2,1-2H3,(H,67,70)/b30-18-. The Labute approximate surface area is 450 Å². The van der Waals surface area contributed by atoms with Gasteiger partial charge in [0.1, 0.15) is 0 Å². The summed E-state index contributed by atoms with van der Waals surface area (Å²) in [4.78, 5) is 24.6. The van der Waals surface area contributed by atoms with Crippen molar-refractivity contribution >= 4 is 11.9 Å². The number of amides is 1. The first-order chi connectivity index (χ1) is 35.5. The van der Waals surface area contributed by atoms with E-state index in [4.69, 9.17) is 4.74 Å². The number of hydrogen-bond donors (Lipinski definition) is 3. The molecule has 0 radical (unpaired) electrons. The van der Waals surface area contributed by atoms with Crippen LogP contribution in [0.1, 0.15) is 373 Å². The summed E-state index contributed by atoms with van der Waals surface area (Å²) in [6, 6.07) is -0.542. The van der Waals surface area contributed by atoms with E-state index in [0.717, 1.165) is 44.9 Å². The van der Waals surface area contributed by atoms with Crippen molar-refractivity contribution in [3.05, 3.63) is 12.2 Å². The second-order valence-electron chi connectivity index (χ2n) is 22.8. The Bertz CT molecular complexity index is 1080. The highest BCUT2D eigenvalue weighted by Gasteiger charge is 2.20. The number of allylic oxidation sites excluding steroid dienone is 2. The quantitative estimate of drug-likeness (QED) is 0.0320. The molecule has 6 heteroatoms. The van der Waals surface area contributed by atoms with Gasteiger partial charge in [0.15, 0.2) is 0 Å². The SMILES string of the molecule is CCCCCCCC/C=C\CCCCCCCC(=O)OCCCCCCCCCCCCCCCCCCCCCCCC(=O)NC(CO)C(O)CCCCCCCCCCCCCCCCCCCCC. The zero-order valence-corrected chi connectivity index (χ0v) is 48.9. The topological polar surface area (TPSA) is 95.9 Å². The monoisotopic (exact) mass is 1020 g/mol. The molecule has 0 aliphatic carbocycles. The maximum Gasteiger partial charge on any atom is 0.305 e. The van der Waals surface area contributed by atoms with Crippen LogP contribution in [0.2, 0.25) is 0 Å². The van der Waals surface area contributed by atoms with Gasteiger partial charge in [-0.15, -0.1) is 0 Å². The minimum atomic E-state index is -0.665. The molecular formula is C66H129NO5. The Balaban J connectivity index is 3.38. The van der Waals surface area contributed by atoms with Crippen LogP contribution in [0.5, 0.6) is 0 Å². The summed E-state index contributed by atoms with van der Waals surface area (Å²) in [6.07, 6.45) is 75.1. The molecule has 0 bridgehead atoms. The van der Waals surface area contributed by atoms with E-state index in [-0.39, 0.29) is 18.5 Å². The summed E-state index contributed by atoms with van der Waals surface area (Å²) in [6.45, 7) is 4.98. The van der Waals surface area contributed by atoms with Gasteiger partial charge in [0.2, 0.25) is 5.91 Å². The third kappa shape index (κ3) is 57.9. The number of nitrogens with one attached hydrogen (secondary N) is 1. The fourth-order valence-electron chi connectivity index (χ4n) is 10.5. The number of rotatable bonds is 62. The van der Waals surface area contributed by atoms with Gasteiger partial charge in [0.05, 0.1) is 25.4 Å². The molecule has 1 amide bonds. The Kier molecular flexibility index (Phi) is 60.9. The van der Waals surface area contributed by atoms with Crippen molar-refractivity contribution in [3.63, 3.8) is 0 Å². The van der Waals surface area contributed by atoms with Crippen molar-refractivity contribution in [1.29, 1.82) is 0 Å². The van der Waals surface area contributed by atoms with E-state index in [1.807, 2.05) is 0 Å². The van der Waals surface area contributed by atoms with E-state index in [1.54, 1.807) is 0 Å². The van der Waals surface area contributed by atoms with E-state index in [0.29, 0.717) is 25.9 Å². The average molecular weight is 1020 g/mol. The van der Waals surface area contributed by atoms with Crippen molar-refractivity contribution in [2.75, 3.05) is 13.2 Å². The average Bonchev–Trinajstić information content (AvgIpc) is 3.38. The van der Waals surface area contributed by atoms with Gasteiger partial charge in [-0.3, -0.25) is 9.59 Å². The van der Waals surface area contributed by atoms with E-state index in [1.165, 1.54) is 295 Å². The molecule has 2 unspecified atom stereocenters. The number of aliphatic hydroxyl groups is 2. The zero-order chi connectivity index (χ0) is 52.2. The Morgan fingerprint density at radius 2 is 0.653 bits per heavy atom. The summed E-state index contributed by atoms with van der Waals surface area (Å²) in [5.41, 5.74) is 0. The highest BCUT2D eigenvalue weighted by Crippen LogP contribution is 2.19. The predicted octanol–water partition coefficient (Wildman–Crippen LogP) is 20.8. The molecule has 0 rings (SSSR count). The lowest BCUT2D eigenvalue weighted by Gasteiger charge is -2.22. The van der Waals surface area contributed by atoms with E-state index >= 15 is 0 Å². The molecule has 6 nitrogen and oxygen atoms in total. The van der Waals surface area contributed by atoms with Crippen LogP contribution in [-0.4, -0.2) is 47.4 Å². The lowest BCUT2D eigenvalue weighted by Crippen LogP contribution is -2.45. The molecule has 0 spiro atoms. The summed E-state index contributed by atoms with van der Waals surface area (Å²) in [5, 5.41) is 23.4. The molecule has 0 aromatic carbocycles. The van der Waals surface area contributed by atoms with Crippen molar-refractivity contribution in [3.8, 4) is 0 Å². The maximum atomic E-state index is 12.5. The number of hydrogen-bond acceptors (Lipinski definition) is 5. The van der Waals surface area contributed by atoms with Gasteiger partial charge < -0.3 is 20.3 Å². The van der Waals surface area contributed by atoms with Gasteiger partial charge in [-0.1, -0.05) is 321 Å². The molecule has 428 valence electrons. The summed E-state index contributed by atoms with van der Waals surface area (Å²) in [7, 11) is 0. The predicted molar refractivity (Wildman–Crippen MR) is 315 cm³/mol. The van der Waals surface area contributed by atoms with Crippen molar-refractivity contribution in [2.24, 2.45) is 0 Å². The second kappa shape index (κ2) is 62.1. The van der Waals surface area contributed by atoms with Gasteiger partial charge in [-0.2, -0.15) is 0 Å². The summed E-state index contributed by atoms with van der Waals surface area (Å²) >= 11 is 0. The minimum Gasteiger partial charge on any atom is -0.466 e. The molecule has 0 heterocycles. The molecule has 0 fully saturated rings. The van der Waals surface area contributed by atoms with Crippen molar-refractivity contribution in [2.45, 2.75) is 386 Å². The number of carbonyl (C=O) groups is 2. The van der Waals surface area contributed by atoms with Crippen molar-refractivity contribution < 1.29 is 24.5 Å². The molecule has 0 aliphatic heterocycles.